The average Bonchev–Trinajstić information content (AvgIpc) is 2.49. The number of amides is 1. The number of carbonyl (C=O) groups is 2. The highest BCUT2D eigenvalue weighted by molar-refractivity contribution is 6.04. The number of carboxylic acids is 1. The maximum Gasteiger partial charge on any atom is 0.307 e. The van der Waals surface area contributed by atoms with Crippen LogP contribution in [0.1, 0.15) is 15.9 Å². The van der Waals surface area contributed by atoms with Crippen LogP contribution in [0, 0.1) is 10.1 Å². The molecule has 0 saturated carbocycles. The van der Waals surface area contributed by atoms with Crippen LogP contribution in [0.5, 0.6) is 0 Å². The predicted octanol–water partition coefficient (Wildman–Crippen LogP) is 2.47. The number of nitrogens with zero attached hydrogens (tertiary/aromatic N) is 1. The molecule has 0 fully saturated rings. The third-order valence-corrected chi connectivity index (χ3v) is 2.91. The van der Waals surface area contributed by atoms with Gasteiger partial charge in [0.05, 0.1) is 11.3 Å². The van der Waals surface area contributed by atoms with E-state index >= 15 is 0 Å². The third-order valence-electron chi connectivity index (χ3n) is 2.91. The number of carbonyl (C=O) groups excluding carboxylic acids is 1. The molecule has 7 nitrogen and oxygen atoms in total. The van der Waals surface area contributed by atoms with Gasteiger partial charge in [-0.1, -0.05) is 12.1 Å². The minimum absolute atomic E-state index is 0.0867. The molecular formula is C15H12N2O5. The summed E-state index contributed by atoms with van der Waals surface area (Å²) in [6.45, 7) is 0. The Bertz CT molecular complexity index is 708. The number of anilines is 1. The SMILES string of the molecule is O=C(O)Cc1ccc(NC(=O)c2ccc([N+](=O)[O-])cc2)cc1. The first-order valence-electron chi connectivity index (χ1n) is 6.32. The Balaban J connectivity index is 2.05. The number of carboxylic acid groups (broad SMARTS) is 1. The maximum atomic E-state index is 12.0. The van der Waals surface area contributed by atoms with Crippen molar-refractivity contribution in [1.82, 2.24) is 0 Å². The fraction of sp³-hybridized carbons (Fsp3) is 0.0667. The molecule has 2 aromatic rings. The lowest BCUT2D eigenvalue weighted by molar-refractivity contribution is -0.384. The topological polar surface area (TPSA) is 110 Å². The molecule has 0 radical (unpaired) electrons. The molecule has 0 bridgehead atoms. The van der Waals surface area contributed by atoms with Gasteiger partial charge in [-0.3, -0.25) is 19.7 Å². The van der Waals surface area contributed by atoms with Gasteiger partial charge in [-0.05, 0) is 29.8 Å². The molecule has 2 N–H and O–H groups in total. The molecule has 0 heterocycles. The van der Waals surface area contributed by atoms with Gasteiger partial charge in [-0.25, -0.2) is 0 Å². The Kier molecular flexibility index (Phi) is 4.47. The normalized spacial score (nSPS) is 10.0. The van der Waals surface area contributed by atoms with Gasteiger partial charge < -0.3 is 10.4 Å². The van der Waals surface area contributed by atoms with E-state index in [1.54, 1.807) is 24.3 Å². The van der Waals surface area contributed by atoms with Crippen molar-refractivity contribution in [2.24, 2.45) is 0 Å². The number of rotatable bonds is 5. The van der Waals surface area contributed by atoms with Crippen molar-refractivity contribution in [3.05, 3.63) is 69.8 Å². The minimum atomic E-state index is -0.928. The number of hydrogen-bond donors (Lipinski definition) is 2. The van der Waals surface area contributed by atoms with Gasteiger partial charge in [0.25, 0.3) is 11.6 Å². The van der Waals surface area contributed by atoms with E-state index in [4.69, 9.17) is 5.11 Å². The highest BCUT2D eigenvalue weighted by Gasteiger charge is 2.10. The molecule has 112 valence electrons. The van der Waals surface area contributed by atoms with E-state index in [1.165, 1.54) is 24.3 Å². The van der Waals surface area contributed by atoms with Crippen molar-refractivity contribution in [3.63, 3.8) is 0 Å². The summed E-state index contributed by atoms with van der Waals surface area (Å²) in [5.41, 5.74) is 1.34. The Morgan fingerprint density at radius 1 is 1.05 bits per heavy atom. The molecule has 0 saturated heterocycles. The molecule has 0 aliphatic carbocycles. The second-order valence-corrected chi connectivity index (χ2v) is 4.53. The highest BCUT2D eigenvalue weighted by Crippen LogP contribution is 2.15. The monoisotopic (exact) mass is 300 g/mol. The minimum Gasteiger partial charge on any atom is -0.481 e. The predicted molar refractivity (Wildman–Crippen MR) is 78.8 cm³/mol. The largest absolute Gasteiger partial charge is 0.481 e. The van der Waals surface area contributed by atoms with Crippen LogP contribution in [0.25, 0.3) is 0 Å². The Morgan fingerprint density at radius 3 is 2.14 bits per heavy atom. The number of non-ortho nitro benzene ring substituents is 1. The summed E-state index contributed by atoms with van der Waals surface area (Å²) in [5.74, 6) is -1.33. The second-order valence-electron chi connectivity index (χ2n) is 4.53. The molecule has 0 spiro atoms. The van der Waals surface area contributed by atoms with E-state index in [9.17, 15) is 19.7 Å². The molecule has 0 aromatic heterocycles. The molecule has 0 aliphatic rings. The summed E-state index contributed by atoms with van der Waals surface area (Å²) in [5, 5.41) is 21.8. The van der Waals surface area contributed by atoms with Crippen molar-refractivity contribution in [2.75, 3.05) is 5.32 Å². The van der Waals surface area contributed by atoms with E-state index in [-0.39, 0.29) is 12.1 Å². The van der Waals surface area contributed by atoms with Gasteiger partial charge in [0.15, 0.2) is 0 Å². The number of hydrogen-bond acceptors (Lipinski definition) is 4. The number of benzene rings is 2. The quantitative estimate of drug-likeness (QED) is 0.651. The molecule has 1 amide bonds. The van der Waals surface area contributed by atoms with Gasteiger partial charge in [0.1, 0.15) is 0 Å². The summed E-state index contributed by atoms with van der Waals surface area (Å²) in [4.78, 5) is 32.6. The van der Waals surface area contributed by atoms with E-state index < -0.39 is 16.8 Å². The Labute approximate surface area is 125 Å². The van der Waals surface area contributed by atoms with Gasteiger partial charge in [0, 0.05) is 23.4 Å². The fourth-order valence-electron chi connectivity index (χ4n) is 1.82. The van der Waals surface area contributed by atoms with Gasteiger partial charge in [-0.15, -0.1) is 0 Å². The summed E-state index contributed by atoms with van der Waals surface area (Å²) in [6.07, 6.45) is -0.0867. The van der Waals surface area contributed by atoms with Crippen LogP contribution in [0.4, 0.5) is 11.4 Å². The number of nitro benzene ring substituents is 1. The lowest BCUT2D eigenvalue weighted by atomic mass is 10.1. The van der Waals surface area contributed by atoms with E-state index in [1.807, 2.05) is 0 Å². The zero-order valence-electron chi connectivity index (χ0n) is 11.4. The van der Waals surface area contributed by atoms with Crippen molar-refractivity contribution in [2.45, 2.75) is 6.42 Å². The zero-order chi connectivity index (χ0) is 16.1. The Hall–Kier alpha value is -3.22. The zero-order valence-corrected chi connectivity index (χ0v) is 11.4. The number of aliphatic carboxylic acids is 1. The van der Waals surface area contributed by atoms with Crippen LogP contribution in [0.15, 0.2) is 48.5 Å². The van der Waals surface area contributed by atoms with Crippen molar-refractivity contribution in [3.8, 4) is 0 Å². The summed E-state index contributed by atoms with van der Waals surface area (Å²) < 4.78 is 0. The maximum absolute atomic E-state index is 12.0. The molecule has 0 aliphatic heterocycles. The van der Waals surface area contributed by atoms with Gasteiger partial charge in [0.2, 0.25) is 0 Å². The average molecular weight is 300 g/mol. The highest BCUT2D eigenvalue weighted by atomic mass is 16.6. The molecule has 0 unspecified atom stereocenters. The van der Waals surface area contributed by atoms with Crippen molar-refractivity contribution >= 4 is 23.3 Å². The van der Waals surface area contributed by atoms with E-state index in [2.05, 4.69) is 5.32 Å². The Morgan fingerprint density at radius 2 is 1.64 bits per heavy atom. The summed E-state index contributed by atoms with van der Waals surface area (Å²) in [7, 11) is 0. The molecule has 0 atom stereocenters. The van der Waals surface area contributed by atoms with Crippen molar-refractivity contribution < 1.29 is 19.6 Å². The number of nitrogens with one attached hydrogen (secondary N) is 1. The van der Waals surface area contributed by atoms with E-state index in [0.29, 0.717) is 16.8 Å². The molecule has 2 rings (SSSR count). The molecule has 22 heavy (non-hydrogen) atoms. The standard InChI is InChI=1S/C15H12N2O5/c18-14(19)9-10-1-5-12(6-2-10)16-15(20)11-3-7-13(8-4-11)17(21)22/h1-8H,9H2,(H,16,20)(H,18,19). The smallest absolute Gasteiger partial charge is 0.307 e. The third kappa shape index (κ3) is 3.89. The first-order chi connectivity index (χ1) is 10.5. The molecular weight excluding hydrogens is 288 g/mol. The molecule has 7 heteroatoms. The molecule has 2 aromatic carbocycles. The summed E-state index contributed by atoms with van der Waals surface area (Å²) >= 11 is 0. The van der Waals surface area contributed by atoms with Crippen LogP contribution in [0.3, 0.4) is 0 Å². The second kappa shape index (κ2) is 6.49. The summed E-state index contributed by atoms with van der Waals surface area (Å²) in [6, 6.07) is 11.7. The first kappa shape index (κ1) is 15.2. The van der Waals surface area contributed by atoms with Crippen LogP contribution in [0.2, 0.25) is 0 Å². The lowest BCUT2D eigenvalue weighted by Gasteiger charge is -2.06. The van der Waals surface area contributed by atoms with Gasteiger partial charge in [-0.2, -0.15) is 0 Å². The van der Waals surface area contributed by atoms with E-state index in [0.717, 1.165) is 0 Å². The van der Waals surface area contributed by atoms with Crippen LogP contribution < -0.4 is 5.32 Å². The first-order valence-corrected chi connectivity index (χ1v) is 6.32. The van der Waals surface area contributed by atoms with Crippen LogP contribution >= 0.6 is 0 Å². The fourth-order valence-corrected chi connectivity index (χ4v) is 1.82. The van der Waals surface area contributed by atoms with Crippen molar-refractivity contribution in [1.29, 1.82) is 0 Å². The lowest BCUT2D eigenvalue weighted by Crippen LogP contribution is -2.11. The van der Waals surface area contributed by atoms with Crippen LogP contribution in [-0.4, -0.2) is 21.9 Å². The van der Waals surface area contributed by atoms with Gasteiger partial charge >= 0.3 is 5.97 Å². The number of nitro groups is 1. The van der Waals surface area contributed by atoms with Crippen LogP contribution in [-0.2, 0) is 11.2 Å².